The fourth-order valence-corrected chi connectivity index (χ4v) is 4.29. The molecule has 0 bridgehead atoms. The number of hydrogen-bond acceptors (Lipinski definition) is 3. The highest BCUT2D eigenvalue weighted by atomic mass is 15.3. The Labute approximate surface area is 171 Å². The molecule has 0 spiro atoms. The van der Waals surface area contributed by atoms with Crippen LogP contribution in [0, 0.1) is 6.92 Å². The first-order chi connectivity index (χ1) is 14.0. The van der Waals surface area contributed by atoms with Crippen LogP contribution in [0.4, 0.5) is 0 Å². The molecule has 4 heterocycles. The molecular formula is C23H28N6. The molecule has 0 atom stereocenters. The van der Waals surface area contributed by atoms with Gasteiger partial charge in [-0.25, -0.2) is 4.98 Å². The first-order valence-corrected chi connectivity index (χ1v) is 10.4. The maximum absolute atomic E-state index is 4.94. The van der Waals surface area contributed by atoms with E-state index in [0.29, 0.717) is 6.04 Å². The van der Waals surface area contributed by atoms with Crippen LogP contribution in [0.1, 0.15) is 42.4 Å². The van der Waals surface area contributed by atoms with E-state index in [9.17, 15) is 0 Å². The summed E-state index contributed by atoms with van der Waals surface area (Å²) in [6.45, 7) is 9.37. The highest BCUT2D eigenvalue weighted by Gasteiger charge is 2.25. The second-order valence-corrected chi connectivity index (χ2v) is 8.50. The third-order valence-electron chi connectivity index (χ3n) is 5.99. The Morgan fingerprint density at radius 1 is 1.07 bits per heavy atom. The van der Waals surface area contributed by atoms with Crippen molar-refractivity contribution in [2.75, 3.05) is 6.54 Å². The Bertz CT molecular complexity index is 1160. The largest absolute Gasteiger partial charge is 0.317 e. The number of imidazole rings is 2. The van der Waals surface area contributed by atoms with Crippen LogP contribution >= 0.6 is 0 Å². The van der Waals surface area contributed by atoms with Gasteiger partial charge in [0.2, 0.25) is 5.78 Å². The summed E-state index contributed by atoms with van der Waals surface area (Å²) >= 11 is 0. The van der Waals surface area contributed by atoms with Crippen LogP contribution in [0.2, 0.25) is 0 Å². The normalized spacial score (nSPS) is 14.8. The molecule has 0 aliphatic carbocycles. The fourth-order valence-electron chi connectivity index (χ4n) is 4.29. The zero-order chi connectivity index (χ0) is 20.1. The zero-order valence-corrected chi connectivity index (χ0v) is 17.6. The molecule has 5 rings (SSSR count). The summed E-state index contributed by atoms with van der Waals surface area (Å²) in [6.07, 6.45) is 7.42. The molecular weight excluding hydrogens is 360 g/mol. The second-order valence-electron chi connectivity index (χ2n) is 8.50. The van der Waals surface area contributed by atoms with E-state index in [-0.39, 0.29) is 0 Å². The van der Waals surface area contributed by atoms with Crippen LogP contribution in [0.3, 0.4) is 0 Å². The second kappa shape index (κ2) is 6.88. The van der Waals surface area contributed by atoms with Crippen molar-refractivity contribution in [2.45, 2.75) is 46.3 Å². The summed E-state index contributed by atoms with van der Waals surface area (Å²) in [5.74, 6) is 1.03. The number of hydrogen-bond donors (Lipinski definition) is 0. The lowest BCUT2D eigenvalue weighted by molar-refractivity contribution is 0.238. The van der Waals surface area contributed by atoms with E-state index in [2.05, 4.69) is 83.4 Å². The molecule has 0 saturated heterocycles. The summed E-state index contributed by atoms with van der Waals surface area (Å²) in [5.41, 5.74) is 7.51. The van der Waals surface area contributed by atoms with E-state index in [4.69, 9.17) is 4.98 Å². The third kappa shape index (κ3) is 3.17. The molecule has 6 nitrogen and oxygen atoms in total. The van der Waals surface area contributed by atoms with E-state index in [1.807, 2.05) is 10.9 Å². The zero-order valence-electron chi connectivity index (χ0n) is 17.6. The Kier molecular flexibility index (Phi) is 4.32. The molecule has 1 aliphatic rings. The Morgan fingerprint density at radius 2 is 1.86 bits per heavy atom. The maximum Gasteiger partial charge on any atom is 0.214 e. The number of aryl methyl sites for hydroxylation is 2. The van der Waals surface area contributed by atoms with Crippen molar-refractivity contribution in [1.29, 1.82) is 0 Å². The molecule has 0 saturated carbocycles. The Morgan fingerprint density at radius 3 is 2.59 bits per heavy atom. The number of fused-ring (bicyclic) bond motifs is 3. The SMILES string of the molecule is Cc1ccc(-c2cn3c4c(n(C)c3n2)CCN(Cc2cnn(C(C)C)c2)C4)cc1. The van der Waals surface area contributed by atoms with Gasteiger partial charge in [0.15, 0.2) is 0 Å². The van der Waals surface area contributed by atoms with Crippen molar-refractivity contribution < 1.29 is 0 Å². The van der Waals surface area contributed by atoms with E-state index in [0.717, 1.165) is 37.5 Å². The summed E-state index contributed by atoms with van der Waals surface area (Å²) in [7, 11) is 2.14. The average molecular weight is 389 g/mol. The fraction of sp³-hybridized carbons (Fsp3) is 0.391. The predicted octanol–water partition coefficient (Wildman–Crippen LogP) is 3.98. The van der Waals surface area contributed by atoms with Gasteiger partial charge in [-0.05, 0) is 20.8 Å². The summed E-state index contributed by atoms with van der Waals surface area (Å²) in [4.78, 5) is 7.45. The van der Waals surface area contributed by atoms with Crippen LogP contribution in [-0.4, -0.2) is 35.2 Å². The Balaban J connectivity index is 1.44. The van der Waals surface area contributed by atoms with E-state index in [1.54, 1.807) is 0 Å². The van der Waals surface area contributed by atoms with Gasteiger partial charge in [-0.1, -0.05) is 29.8 Å². The van der Waals surface area contributed by atoms with Crippen LogP contribution in [0.25, 0.3) is 17.0 Å². The average Bonchev–Trinajstić information content (AvgIpc) is 3.40. The molecule has 3 aromatic heterocycles. The quantitative estimate of drug-likeness (QED) is 0.531. The third-order valence-corrected chi connectivity index (χ3v) is 5.99. The number of nitrogens with zero attached hydrogens (tertiary/aromatic N) is 6. The lowest BCUT2D eigenvalue weighted by Crippen LogP contribution is -2.31. The molecule has 6 heteroatoms. The number of rotatable bonds is 4. The van der Waals surface area contributed by atoms with Gasteiger partial charge in [0.25, 0.3) is 0 Å². The van der Waals surface area contributed by atoms with Crippen molar-refractivity contribution in [3.63, 3.8) is 0 Å². The number of benzene rings is 1. The molecule has 4 aromatic rings. The summed E-state index contributed by atoms with van der Waals surface area (Å²) in [5, 5.41) is 4.49. The molecule has 0 N–H and O–H groups in total. The van der Waals surface area contributed by atoms with Gasteiger partial charge in [0.05, 0.1) is 17.6 Å². The van der Waals surface area contributed by atoms with Crippen molar-refractivity contribution in [1.82, 2.24) is 28.6 Å². The highest BCUT2D eigenvalue weighted by Crippen LogP contribution is 2.27. The van der Waals surface area contributed by atoms with Gasteiger partial charge in [0, 0.05) is 68.4 Å². The molecule has 1 aliphatic heterocycles. The lowest BCUT2D eigenvalue weighted by atomic mass is 10.1. The van der Waals surface area contributed by atoms with Gasteiger partial charge < -0.3 is 4.57 Å². The first-order valence-electron chi connectivity index (χ1n) is 10.4. The Hall–Kier alpha value is -2.86. The molecule has 29 heavy (non-hydrogen) atoms. The van der Waals surface area contributed by atoms with Gasteiger partial charge in [-0.2, -0.15) is 5.10 Å². The first kappa shape index (κ1) is 18.2. The van der Waals surface area contributed by atoms with Gasteiger partial charge in [-0.15, -0.1) is 0 Å². The van der Waals surface area contributed by atoms with Crippen LogP contribution in [0.15, 0.2) is 42.9 Å². The molecule has 0 unspecified atom stereocenters. The van der Waals surface area contributed by atoms with Crippen LogP contribution in [0.5, 0.6) is 0 Å². The lowest BCUT2D eigenvalue weighted by Gasteiger charge is -2.26. The van der Waals surface area contributed by atoms with Crippen LogP contribution < -0.4 is 0 Å². The van der Waals surface area contributed by atoms with Crippen LogP contribution in [-0.2, 0) is 26.6 Å². The van der Waals surface area contributed by atoms with Crippen molar-refractivity contribution in [3.8, 4) is 11.3 Å². The van der Waals surface area contributed by atoms with Gasteiger partial charge in [0.1, 0.15) is 0 Å². The standard InChI is InChI=1S/C23H28N6/c1-16(2)29-13-18(11-24-29)12-27-10-9-21-22(15-27)28-14-20(25-23(28)26(21)4)19-7-5-17(3)6-8-19/h5-8,11,13-14,16H,9-10,12,15H2,1-4H3. The van der Waals surface area contributed by atoms with E-state index >= 15 is 0 Å². The van der Waals surface area contributed by atoms with Crippen molar-refractivity contribution >= 4 is 5.78 Å². The molecule has 150 valence electrons. The highest BCUT2D eigenvalue weighted by molar-refractivity contribution is 5.62. The predicted molar refractivity (Wildman–Crippen MR) is 115 cm³/mol. The maximum atomic E-state index is 4.94. The molecule has 0 fully saturated rings. The number of aromatic nitrogens is 5. The van der Waals surface area contributed by atoms with Gasteiger partial charge >= 0.3 is 0 Å². The summed E-state index contributed by atoms with van der Waals surface area (Å²) in [6, 6.07) is 9.00. The minimum atomic E-state index is 0.400. The minimum Gasteiger partial charge on any atom is -0.317 e. The molecule has 0 amide bonds. The smallest absolute Gasteiger partial charge is 0.214 e. The molecule has 1 aromatic carbocycles. The van der Waals surface area contributed by atoms with Crippen molar-refractivity contribution in [3.05, 3.63) is 65.4 Å². The minimum absolute atomic E-state index is 0.400. The van der Waals surface area contributed by atoms with Gasteiger partial charge in [-0.3, -0.25) is 14.0 Å². The topological polar surface area (TPSA) is 43.3 Å². The monoisotopic (exact) mass is 388 g/mol. The van der Waals surface area contributed by atoms with Crippen molar-refractivity contribution in [2.24, 2.45) is 7.05 Å². The molecule has 0 radical (unpaired) electrons. The van der Waals surface area contributed by atoms with E-state index in [1.165, 1.54) is 28.1 Å². The summed E-state index contributed by atoms with van der Waals surface area (Å²) < 4.78 is 6.59. The van der Waals surface area contributed by atoms with E-state index < -0.39 is 0 Å².